The normalized spacial score (nSPS) is 15.8. The van der Waals surface area contributed by atoms with Crippen LogP contribution in [0.25, 0.3) is 11.0 Å². The van der Waals surface area contributed by atoms with Crippen LogP contribution < -0.4 is 16.0 Å². The molecule has 8 nitrogen and oxygen atoms in total. The molecule has 1 aliphatic heterocycles. The fourth-order valence-corrected chi connectivity index (χ4v) is 3.49. The zero-order valence-electron chi connectivity index (χ0n) is 16.4. The van der Waals surface area contributed by atoms with Crippen molar-refractivity contribution in [3.63, 3.8) is 0 Å². The van der Waals surface area contributed by atoms with Crippen molar-refractivity contribution in [1.29, 1.82) is 0 Å². The van der Waals surface area contributed by atoms with Crippen molar-refractivity contribution in [3.05, 3.63) is 59.9 Å². The van der Waals surface area contributed by atoms with E-state index in [-0.39, 0.29) is 30.6 Å². The van der Waals surface area contributed by atoms with Gasteiger partial charge in [-0.3, -0.25) is 14.4 Å². The highest BCUT2D eigenvalue weighted by Crippen LogP contribution is 2.19. The second-order valence-electron chi connectivity index (χ2n) is 7.25. The molecule has 3 amide bonds. The highest BCUT2D eigenvalue weighted by atomic mass is 16.2. The summed E-state index contributed by atoms with van der Waals surface area (Å²) in [5.74, 6) is 0.109. The first-order valence-corrected chi connectivity index (χ1v) is 10.0. The first-order chi connectivity index (χ1) is 14.6. The number of fused-ring (bicyclic) bond motifs is 2. The first-order valence-electron chi connectivity index (χ1n) is 10.0. The smallest absolute Gasteiger partial charge is 0.254 e. The minimum Gasteiger partial charge on any atom is -0.356 e. The summed E-state index contributed by atoms with van der Waals surface area (Å²) < 4.78 is 0. The number of carbonyl (C=O) groups is 3. The molecule has 1 aromatic heterocycles. The Labute approximate surface area is 173 Å². The minimum absolute atomic E-state index is 0.150. The third kappa shape index (κ3) is 4.48. The summed E-state index contributed by atoms with van der Waals surface area (Å²) in [6.45, 7) is 0.518. The van der Waals surface area contributed by atoms with E-state index in [1.54, 1.807) is 24.3 Å². The van der Waals surface area contributed by atoms with Crippen molar-refractivity contribution in [2.75, 3.05) is 11.9 Å². The predicted octanol–water partition coefficient (Wildman–Crippen LogP) is 2.14. The van der Waals surface area contributed by atoms with Gasteiger partial charge < -0.3 is 20.9 Å². The van der Waals surface area contributed by atoms with Gasteiger partial charge in [-0.25, -0.2) is 4.98 Å². The van der Waals surface area contributed by atoms with Crippen molar-refractivity contribution in [3.8, 4) is 0 Å². The lowest BCUT2D eigenvalue weighted by Gasteiger charge is -2.14. The molecule has 0 bridgehead atoms. The molecule has 0 unspecified atom stereocenters. The van der Waals surface area contributed by atoms with Crippen LogP contribution in [0.5, 0.6) is 0 Å². The molecular formula is C22H23N5O3. The van der Waals surface area contributed by atoms with Gasteiger partial charge in [0.15, 0.2) is 0 Å². The molecule has 0 spiro atoms. The van der Waals surface area contributed by atoms with E-state index in [2.05, 4.69) is 25.9 Å². The molecule has 1 aliphatic rings. The standard InChI is InChI=1S/C22H23N5O3/c28-20(23-13-5-10-19-24-16-8-3-4-9-17(16)25-19)12-11-18-22(30)26-15-7-2-1-6-14(15)21(29)27-18/h1-4,6-9,18H,5,10-13H2,(H,23,28)(H,24,25)(H,26,30)(H,27,29)/t18-/m0/s1. The number of hydrogen-bond donors (Lipinski definition) is 4. The SMILES string of the molecule is O=C(CC[C@@H]1NC(=O)c2ccccc2NC1=O)NCCCc1nc2ccccc2[nH]1. The molecule has 8 heteroatoms. The molecule has 2 aromatic carbocycles. The Bertz CT molecular complexity index is 1060. The molecule has 2 heterocycles. The highest BCUT2D eigenvalue weighted by molar-refractivity contribution is 6.09. The summed E-state index contributed by atoms with van der Waals surface area (Å²) in [5.41, 5.74) is 2.84. The lowest BCUT2D eigenvalue weighted by molar-refractivity contribution is -0.121. The Hall–Kier alpha value is -3.68. The lowest BCUT2D eigenvalue weighted by Crippen LogP contribution is -2.42. The minimum atomic E-state index is -0.744. The summed E-state index contributed by atoms with van der Waals surface area (Å²) in [7, 11) is 0. The summed E-state index contributed by atoms with van der Waals surface area (Å²) in [6.07, 6.45) is 1.87. The Kier molecular flexibility index (Phi) is 5.74. The van der Waals surface area contributed by atoms with E-state index >= 15 is 0 Å². The Balaban J connectivity index is 1.21. The van der Waals surface area contributed by atoms with Crippen LogP contribution in [0.3, 0.4) is 0 Å². The van der Waals surface area contributed by atoms with Gasteiger partial charge in [-0.1, -0.05) is 24.3 Å². The van der Waals surface area contributed by atoms with Crippen molar-refractivity contribution in [2.45, 2.75) is 31.7 Å². The number of aromatic amines is 1. The second-order valence-corrected chi connectivity index (χ2v) is 7.25. The predicted molar refractivity (Wildman–Crippen MR) is 113 cm³/mol. The number of benzene rings is 2. The maximum Gasteiger partial charge on any atom is 0.254 e. The molecule has 4 rings (SSSR count). The van der Waals surface area contributed by atoms with Gasteiger partial charge >= 0.3 is 0 Å². The number of H-pyrrole nitrogens is 1. The largest absolute Gasteiger partial charge is 0.356 e. The molecule has 1 atom stereocenters. The fourth-order valence-electron chi connectivity index (χ4n) is 3.49. The lowest BCUT2D eigenvalue weighted by atomic mass is 10.1. The zero-order chi connectivity index (χ0) is 20.9. The number of nitrogens with one attached hydrogen (secondary N) is 4. The topological polar surface area (TPSA) is 116 Å². The third-order valence-electron chi connectivity index (χ3n) is 5.06. The van der Waals surface area contributed by atoms with Crippen LogP contribution in [0.4, 0.5) is 5.69 Å². The number of para-hydroxylation sites is 3. The summed E-state index contributed by atoms with van der Waals surface area (Å²) >= 11 is 0. The number of aromatic nitrogens is 2. The number of rotatable bonds is 7. The number of aryl methyl sites for hydroxylation is 1. The summed E-state index contributed by atoms with van der Waals surface area (Å²) in [5, 5.41) is 8.30. The number of imidazole rings is 1. The molecule has 0 radical (unpaired) electrons. The first kappa shape index (κ1) is 19.6. The Morgan fingerprint density at radius 3 is 2.73 bits per heavy atom. The van der Waals surface area contributed by atoms with E-state index in [0.29, 0.717) is 17.8 Å². The van der Waals surface area contributed by atoms with E-state index < -0.39 is 6.04 Å². The van der Waals surface area contributed by atoms with E-state index in [1.165, 1.54) is 0 Å². The number of anilines is 1. The van der Waals surface area contributed by atoms with Crippen molar-refractivity contribution < 1.29 is 14.4 Å². The van der Waals surface area contributed by atoms with Gasteiger partial charge in [0.2, 0.25) is 11.8 Å². The number of nitrogens with zero attached hydrogens (tertiary/aromatic N) is 1. The second kappa shape index (κ2) is 8.77. The molecule has 3 aromatic rings. The molecule has 0 fully saturated rings. The highest BCUT2D eigenvalue weighted by Gasteiger charge is 2.27. The van der Waals surface area contributed by atoms with Gasteiger partial charge in [0, 0.05) is 19.4 Å². The van der Waals surface area contributed by atoms with Crippen LogP contribution >= 0.6 is 0 Å². The van der Waals surface area contributed by atoms with Crippen LogP contribution in [0.2, 0.25) is 0 Å². The number of amides is 3. The zero-order valence-corrected chi connectivity index (χ0v) is 16.4. The summed E-state index contributed by atoms with van der Waals surface area (Å²) in [6, 6.07) is 13.9. The van der Waals surface area contributed by atoms with Crippen molar-refractivity contribution in [2.24, 2.45) is 0 Å². The number of hydrogen-bond acceptors (Lipinski definition) is 4. The van der Waals surface area contributed by atoms with Gasteiger partial charge in [-0.15, -0.1) is 0 Å². The number of carbonyl (C=O) groups excluding carboxylic acids is 3. The molecule has 0 saturated carbocycles. The van der Waals surface area contributed by atoms with Gasteiger partial charge in [-0.2, -0.15) is 0 Å². The average molecular weight is 405 g/mol. The molecule has 0 saturated heterocycles. The van der Waals surface area contributed by atoms with Crippen molar-refractivity contribution >= 4 is 34.4 Å². The Morgan fingerprint density at radius 1 is 1.07 bits per heavy atom. The summed E-state index contributed by atoms with van der Waals surface area (Å²) in [4.78, 5) is 44.6. The molecule has 30 heavy (non-hydrogen) atoms. The quantitative estimate of drug-likeness (QED) is 0.451. The van der Waals surface area contributed by atoms with E-state index in [4.69, 9.17) is 0 Å². The van der Waals surface area contributed by atoms with Gasteiger partial charge in [0.1, 0.15) is 11.9 Å². The van der Waals surface area contributed by atoms with E-state index in [1.807, 2.05) is 24.3 Å². The molecule has 4 N–H and O–H groups in total. The molecular weight excluding hydrogens is 382 g/mol. The van der Waals surface area contributed by atoms with Crippen LogP contribution in [-0.2, 0) is 16.0 Å². The maximum absolute atomic E-state index is 12.4. The van der Waals surface area contributed by atoms with Crippen LogP contribution in [0, 0.1) is 0 Å². The van der Waals surface area contributed by atoms with Crippen molar-refractivity contribution in [1.82, 2.24) is 20.6 Å². The van der Waals surface area contributed by atoms with Crippen LogP contribution in [-0.4, -0.2) is 40.3 Å². The van der Waals surface area contributed by atoms with Crippen LogP contribution in [0.1, 0.15) is 35.4 Å². The van der Waals surface area contributed by atoms with Gasteiger partial charge in [-0.05, 0) is 37.1 Å². The van der Waals surface area contributed by atoms with E-state index in [0.717, 1.165) is 29.7 Å². The maximum atomic E-state index is 12.4. The fraction of sp³-hybridized carbons (Fsp3) is 0.273. The monoisotopic (exact) mass is 405 g/mol. The molecule has 0 aliphatic carbocycles. The van der Waals surface area contributed by atoms with Crippen LogP contribution in [0.15, 0.2) is 48.5 Å². The average Bonchev–Trinajstić information content (AvgIpc) is 3.12. The van der Waals surface area contributed by atoms with Gasteiger partial charge in [0.25, 0.3) is 5.91 Å². The Morgan fingerprint density at radius 2 is 1.87 bits per heavy atom. The third-order valence-corrected chi connectivity index (χ3v) is 5.06. The molecule has 154 valence electrons. The van der Waals surface area contributed by atoms with E-state index in [9.17, 15) is 14.4 Å². The van der Waals surface area contributed by atoms with Gasteiger partial charge in [0.05, 0.1) is 22.3 Å².